The number of carbonyl (C=O) groups excluding carboxylic acids is 1. The highest BCUT2D eigenvalue weighted by Crippen LogP contribution is 2.50. The van der Waals surface area contributed by atoms with Gasteiger partial charge in [0, 0.05) is 17.9 Å². The van der Waals surface area contributed by atoms with Crippen molar-refractivity contribution < 1.29 is 23.4 Å². The lowest BCUT2D eigenvalue weighted by Gasteiger charge is -2.32. The van der Waals surface area contributed by atoms with E-state index in [4.69, 9.17) is 25.8 Å². The fraction of sp³-hybridized carbons (Fsp3) is 0.727. The zero-order chi connectivity index (χ0) is 22.6. The van der Waals surface area contributed by atoms with Crippen LogP contribution >= 0.6 is 23.4 Å². The lowest BCUT2D eigenvalue weighted by molar-refractivity contribution is -0.120. The molecule has 31 heavy (non-hydrogen) atoms. The van der Waals surface area contributed by atoms with Crippen molar-refractivity contribution in [3.8, 4) is 0 Å². The van der Waals surface area contributed by atoms with Crippen LogP contribution in [0.4, 0.5) is 4.39 Å². The maximum atomic E-state index is 12.8. The number of fused-ring (bicyclic) bond motifs is 1. The van der Waals surface area contributed by atoms with Crippen LogP contribution in [0.15, 0.2) is 26.8 Å². The first kappa shape index (κ1) is 24.4. The summed E-state index contributed by atoms with van der Waals surface area (Å²) in [5.74, 6) is 0.651. The molecule has 0 spiro atoms. The minimum Gasteiger partial charge on any atom is -0.489 e. The van der Waals surface area contributed by atoms with E-state index in [1.54, 1.807) is 6.92 Å². The average molecular weight is 475 g/mol. The van der Waals surface area contributed by atoms with Crippen molar-refractivity contribution >= 4 is 34.5 Å². The van der Waals surface area contributed by atoms with Crippen LogP contribution in [0.1, 0.15) is 59.8 Å². The fourth-order valence-electron chi connectivity index (χ4n) is 3.90. The van der Waals surface area contributed by atoms with Crippen molar-refractivity contribution in [1.29, 1.82) is 0 Å². The highest BCUT2D eigenvalue weighted by molar-refractivity contribution is 8.17. The van der Waals surface area contributed by atoms with Gasteiger partial charge in [-0.05, 0) is 70.7 Å². The standard InChI is InChI=1S/C22H32ClFN2O4S/c1-13(25-15(3)27)12-28-16-5-7-17(8-6-16)30-18-9-10-22(4)20(19(18)23)31-21(26-22)29-14(2)11-24/h9,13-14,16-17H,5-8,10-12H2,1-4H3,(H,25,27)/t13-,14?,16-,17-,22?/m0/s1. The summed E-state index contributed by atoms with van der Waals surface area (Å²) in [5.41, 5.74) is -0.476. The molecule has 0 radical (unpaired) electrons. The van der Waals surface area contributed by atoms with Crippen molar-refractivity contribution in [1.82, 2.24) is 5.32 Å². The summed E-state index contributed by atoms with van der Waals surface area (Å²) >= 11 is 8.05. The topological polar surface area (TPSA) is 69.2 Å². The van der Waals surface area contributed by atoms with Crippen LogP contribution in [0.5, 0.6) is 0 Å². The van der Waals surface area contributed by atoms with Crippen LogP contribution < -0.4 is 5.32 Å². The van der Waals surface area contributed by atoms with Crippen molar-refractivity contribution in [3.63, 3.8) is 0 Å². The first-order valence-electron chi connectivity index (χ1n) is 10.9. The Hall–Kier alpha value is -1.25. The number of hydrogen-bond donors (Lipinski definition) is 1. The van der Waals surface area contributed by atoms with Gasteiger partial charge in [0.05, 0.1) is 29.4 Å². The van der Waals surface area contributed by atoms with Gasteiger partial charge < -0.3 is 19.5 Å². The molecule has 2 aliphatic carbocycles. The molecule has 1 amide bonds. The molecule has 3 aliphatic rings. The summed E-state index contributed by atoms with van der Waals surface area (Å²) in [4.78, 5) is 16.6. The molecule has 0 aromatic rings. The molecule has 2 unspecified atom stereocenters. The Bertz CT molecular complexity index is 767. The zero-order valence-corrected chi connectivity index (χ0v) is 20.2. The maximum Gasteiger partial charge on any atom is 0.251 e. The molecule has 0 bridgehead atoms. The first-order valence-corrected chi connectivity index (χ1v) is 12.1. The van der Waals surface area contributed by atoms with Gasteiger partial charge in [0.2, 0.25) is 5.91 Å². The molecule has 1 heterocycles. The zero-order valence-electron chi connectivity index (χ0n) is 18.6. The van der Waals surface area contributed by atoms with Gasteiger partial charge in [-0.2, -0.15) is 0 Å². The number of halogens is 2. The Labute approximate surface area is 193 Å². The van der Waals surface area contributed by atoms with E-state index in [-0.39, 0.29) is 24.2 Å². The monoisotopic (exact) mass is 474 g/mol. The number of carbonyl (C=O) groups is 1. The number of nitrogens with zero attached hydrogens (tertiary/aromatic N) is 1. The number of hydrogen-bond acceptors (Lipinski definition) is 6. The Morgan fingerprint density at radius 2 is 2.03 bits per heavy atom. The number of rotatable bonds is 8. The third-order valence-corrected chi connectivity index (χ3v) is 7.28. The Kier molecular flexibility index (Phi) is 8.32. The number of thioether (sulfide) groups is 1. The number of allylic oxidation sites excluding steroid dienone is 1. The number of nitrogens with one attached hydrogen (secondary N) is 1. The summed E-state index contributed by atoms with van der Waals surface area (Å²) in [7, 11) is 0. The quantitative estimate of drug-likeness (QED) is 0.545. The SMILES string of the molecule is CC(=O)N[C@@H](C)CO[C@H]1CC[C@H](OC2=CCC3(C)N=C(OC(C)CF)SC3=C2Cl)CC1. The molecule has 6 nitrogen and oxygen atoms in total. The minimum absolute atomic E-state index is 0.00602. The second kappa shape index (κ2) is 10.6. The van der Waals surface area contributed by atoms with Crippen molar-refractivity contribution in [3.05, 3.63) is 21.8 Å². The van der Waals surface area contributed by atoms with Crippen LogP contribution in [-0.2, 0) is 19.0 Å². The lowest BCUT2D eigenvalue weighted by Crippen LogP contribution is -2.36. The first-order chi connectivity index (χ1) is 14.7. The lowest BCUT2D eigenvalue weighted by atomic mass is 9.92. The predicted octanol–water partition coefficient (Wildman–Crippen LogP) is 4.83. The van der Waals surface area contributed by atoms with Crippen LogP contribution in [0.2, 0.25) is 0 Å². The molecule has 3 rings (SSSR count). The fourth-order valence-corrected chi connectivity index (χ4v) is 5.52. The molecule has 9 heteroatoms. The molecule has 0 saturated heterocycles. The van der Waals surface area contributed by atoms with Gasteiger partial charge in [0.15, 0.2) is 0 Å². The highest BCUT2D eigenvalue weighted by atomic mass is 35.5. The third kappa shape index (κ3) is 6.39. The minimum atomic E-state index is -0.561. The van der Waals surface area contributed by atoms with E-state index >= 15 is 0 Å². The summed E-state index contributed by atoms with van der Waals surface area (Å²) in [5, 5.41) is 3.86. The highest BCUT2D eigenvalue weighted by Gasteiger charge is 2.42. The van der Waals surface area contributed by atoms with Crippen molar-refractivity contribution in [2.24, 2.45) is 4.99 Å². The molecule has 1 saturated carbocycles. The Balaban J connectivity index is 1.49. The molecule has 1 N–H and O–H groups in total. The van der Waals surface area contributed by atoms with E-state index in [9.17, 15) is 9.18 Å². The Morgan fingerprint density at radius 3 is 2.68 bits per heavy atom. The van der Waals surface area contributed by atoms with E-state index in [0.717, 1.165) is 30.6 Å². The Morgan fingerprint density at radius 1 is 1.35 bits per heavy atom. The van der Waals surface area contributed by atoms with E-state index in [2.05, 4.69) is 10.3 Å². The smallest absolute Gasteiger partial charge is 0.251 e. The van der Waals surface area contributed by atoms with Gasteiger partial charge in [-0.15, -0.1) is 0 Å². The number of ether oxygens (including phenoxy) is 3. The number of amides is 1. The van der Waals surface area contributed by atoms with Crippen LogP contribution in [0.25, 0.3) is 0 Å². The number of aliphatic imine (C=N–C) groups is 1. The summed E-state index contributed by atoms with van der Waals surface area (Å²) in [6.07, 6.45) is 6.00. The second-order valence-electron chi connectivity index (χ2n) is 8.70. The predicted molar refractivity (Wildman–Crippen MR) is 122 cm³/mol. The molecule has 3 atom stereocenters. The van der Waals surface area contributed by atoms with E-state index in [0.29, 0.717) is 29.0 Å². The van der Waals surface area contributed by atoms with Crippen molar-refractivity contribution in [2.75, 3.05) is 13.3 Å². The molecule has 0 aromatic heterocycles. The molecule has 0 aromatic carbocycles. The largest absolute Gasteiger partial charge is 0.489 e. The molecular weight excluding hydrogens is 443 g/mol. The van der Waals surface area contributed by atoms with Crippen LogP contribution in [0.3, 0.4) is 0 Å². The number of alkyl halides is 1. The summed E-state index contributed by atoms with van der Waals surface area (Å²) < 4.78 is 30.6. The summed E-state index contributed by atoms with van der Waals surface area (Å²) in [6, 6.07) is 0.00602. The van der Waals surface area contributed by atoms with Gasteiger partial charge in [-0.25, -0.2) is 9.38 Å². The van der Waals surface area contributed by atoms with Gasteiger partial charge >= 0.3 is 0 Å². The van der Waals surface area contributed by atoms with Gasteiger partial charge in [-0.1, -0.05) is 11.6 Å². The molecule has 174 valence electrons. The summed E-state index contributed by atoms with van der Waals surface area (Å²) in [6.45, 7) is 7.09. The van der Waals surface area contributed by atoms with E-state index in [1.807, 2.05) is 19.9 Å². The molecule has 1 aliphatic heterocycles. The van der Waals surface area contributed by atoms with Crippen LogP contribution in [-0.4, -0.2) is 54.3 Å². The van der Waals surface area contributed by atoms with Crippen molar-refractivity contribution in [2.45, 2.75) is 89.7 Å². The average Bonchev–Trinajstić information content (AvgIpc) is 3.06. The van der Waals surface area contributed by atoms with Crippen LogP contribution in [0, 0.1) is 0 Å². The molecular formula is C22H32ClFN2O4S. The van der Waals surface area contributed by atoms with E-state index < -0.39 is 18.3 Å². The third-order valence-electron chi connectivity index (χ3n) is 5.58. The second-order valence-corrected chi connectivity index (χ2v) is 10.0. The van der Waals surface area contributed by atoms with E-state index in [1.165, 1.54) is 18.7 Å². The van der Waals surface area contributed by atoms with Gasteiger partial charge in [0.25, 0.3) is 5.23 Å². The maximum absolute atomic E-state index is 12.8. The van der Waals surface area contributed by atoms with Gasteiger partial charge in [-0.3, -0.25) is 4.79 Å². The normalized spacial score (nSPS) is 30.1. The van der Waals surface area contributed by atoms with Gasteiger partial charge in [0.1, 0.15) is 18.5 Å². The molecule has 1 fully saturated rings.